The summed E-state index contributed by atoms with van der Waals surface area (Å²) in [5.41, 5.74) is -2.14. The average molecular weight is 372 g/mol. The molecule has 0 unspecified atom stereocenters. The Bertz CT molecular complexity index is 655. The fourth-order valence-corrected chi connectivity index (χ4v) is 3.78. The number of carbonyl (C=O) groups is 1. The molecule has 0 aromatic heterocycles. The van der Waals surface area contributed by atoms with E-state index in [-0.39, 0.29) is 18.4 Å². The Kier molecular flexibility index (Phi) is 6.13. The van der Waals surface area contributed by atoms with E-state index in [1.807, 2.05) is 0 Å². The van der Waals surface area contributed by atoms with Gasteiger partial charge in [0.1, 0.15) is 0 Å². The smallest absolute Gasteiger partial charge is 0.458 e. The molecule has 1 rings (SSSR count). The summed E-state index contributed by atoms with van der Waals surface area (Å²) in [6, 6.07) is 1.11. The van der Waals surface area contributed by atoms with Gasteiger partial charge >= 0.3 is 18.1 Å². The molecule has 0 aliphatic rings. The van der Waals surface area contributed by atoms with Gasteiger partial charge in [0.2, 0.25) is 0 Å². The molecule has 0 aliphatic heterocycles. The number of hydrogen-bond acceptors (Lipinski definition) is 2. The van der Waals surface area contributed by atoms with Crippen molar-refractivity contribution in [3.05, 3.63) is 28.8 Å². The van der Waals surface area contributed by atoms with Gasteiger partial charge in [-0.05, 0) is 24.5 Å². The molecule has 0 fully saturated rings. The van der Waals surface area contributed by atoms with E-state index in [1.165, 1.54) is 13.8 Å². The van der Waals surface area contributed by atoms with Crippen molar-refractivity contribution in [1.29, 1.82) is 0 Å². The summed E-state index contributed by atoms with van der Waals surface area (Å²) >= 11 is 0. The maximum Gasteiger partial charge on any atom is 0.458 e. The molecule has 0 aliphatic carbocycles. The number of benzene rings is 1. The maximum absolute atomic E-state index is 13.9. The second-order valence-electron chi connectivity index (χ2n) is 5.22. The van der Waals surface area contributed by atoms with Crippen LogP contribution in [0.1, 0.15) is 48.7 Å². The molecule has 2 atom stereocenters. The molecule has 0 amide bonds. The summed E-state index contributed by atoms with van der Waals surface area (Å²) in [5, 5.41) is 8.44. The first-order chi connectivity index (χ1) is 10.9. The number of alkyl halides is 5. The maximum atomic E-state index is 13.9. The lowest BCUT2D eigenvalue weighted by molar-refractivity contribution is -0.290. The molecule has 0 bridgehead atoms. The third kappa shape index (κ3) is 3.60. The topological polar surface area (TPSA) is 54.4 Å². The zero-order valence-electron chi connectivity index (χ0n) is 13.2. The standard InChI is InChI=1S/C15H17F5O3S/c1-4-8(3)24(23)12-9(5-2)10(13(21)22)6-7-11(12)14(16,17)15(18,19)20/h6-8H,4-5H2,1-3H3,(H,21,22)/t8-,24-/m0/s1. The van der Waals surface area contributed by atoms with Gasteiger partial charge in [0.05, 0.1) is 21.3 Å². The number of carboxylic acid groups (broad SMARTS) is 1. The van der Waals surface area contributed by atoms with Crippen LogP contribution in [0.3, 0.4) is 0 Å². The third-order valence-corrected chi connectivity index (χ3v) is 5.61. The van der Waals surface area contributed by atoms with Gasteiger partial charge in [0.15, 0.2) is 0 Å². The molecular formula is C15H17F5O3S. The van der Waals surface area contributed by atoms with Gasteiger partial charge in [-0.1, -0.05) is 26.8 Å². The summed E-state index contributed by atoms with van der Waals surface area (Å²) in [6.45, 7) is 4.46. The summed E-state index contributed by atoms with van der Waals surface area (Å²) < 4.78 is 78.7. The molecule has 1 N–H and O–H groups in total. The van der Waals surface area contributed by atoms with Gasteiger partial charge in [-0.3, -0.25) is 4.21 Å². The number of aromatic carboxylic acids is 1. The van der Waals surface area contributed by atoms with Crippen LogP contribution in [0.2, 0.25) is 0 Å². The van der Waals surface area contributed by atoms with E-state index < -0.39 is 50.1 Å². The molecule has 0 heterocycles. The monoisotopic (exact) mass is 372 g/mol. The normalized spacial score (nSPS) is 15.2. The largest absolute Gasteiger partial charge is 0.478 e. The van der Waals surface area contributed by atoms with Crippen molar-refractivity contribution in [3.63, 3.8) is 0 Å². The molecule has 136 valence electrons. The lowest BCUT2D eigenvalue weighted by Gasteiger charge is -2.25. The number of hydrogen-bond donors (Lipinski definition) is 1. The molecule has 24 heavy (non-hydrogen) atoms. The van der Waals surface area contributed by atoms with Crippen LogP contribution < -0.4 is 0 Å². The Hall–Kier alpha value is -1.51. The Morgan fingerprint density at radius 1 is 1.21 bits per heavy atom. The minimum atomic E-state index is -5.88. The first-order valence-electron chi connectivity index (χ1n) is 7.14. The Labute approximate surface area is 138 Å². The Balaban J connectivity index is 3.85. The van der Waals surface area contributed by atoms with Crippen molar-refractivity contribution in [1.82, 2.24) is 0 Å². The van der Waals surface area contributed by atoms with Crippen LogP contribution in [0.15, 0.2) is 17.0 Å². The predicted octanol–water partition coefficient (Wildman–Crippen LogP) is 4.51. The van der Waals surface area contributed by atoms with Gasteiger partial charge in [-0.15, -0.1) is 0 Å². The minimum absolute atomic E-state index is 0.138. The van der Waals surface area contributed by atoms with Crippen molar-refractivity contribution in [3.8, 4) is 0 Å². The molecule has 3 nitrogen and oxygen atoms in total. The van der Waals surface area contributed by atoms with Crippen molar-refractivity contribution in [2.45, 2.75) is 55.9 Å². The Morgan fingerprint density at radius 2 is 1.75 bits per heavy atom. The van der Waals surface area contributed by atoms with E-state index in [0.29, 0.717) is 12.1 Å². The highest BCUT2D eigenvalue weighted by Crippen LogP contribution is 2.47. The van der Waals surface area contributed by atoms with Crippen molar-refractivity contribution in [2.75, 3.05) is 0 Å². The number of carboxylic acids is 1. The van der Waals surface area contributed by atoms with E-state index in [1.54, 1.807) is 6.92 Å². The summed E-state index contributed by atoms with van der Waals surface area (Å²) in [5.74, 6) is -6.71. The fraction of sp³-hybridized carbons (Fsp3) is 0.533. The van der Waals surface area contributed by atoms with Crippen molar-refractivity contribution < 1.29 is 36.1 Å². The molecule has 1 aromatic rings. The highest BCUT2D eigenvalue weighted by Gasteiger charge is 2.60. The van der Waals surface area contributed by atoms with E-state index >= 15 is 0 Å². The number of rotatable bonds is 6. The average Bonchev–Trinajstić information content (AvgIpc) is 2.50. The van der Waals surface area contributed by atoms with Crippen LogP contribution in [0, 0.1) is 0 Å². The minimum Gasteiger partial charge on any atom is -0.478 e. The number of halogens is 5. The first-order valence-corrected chi connectivity index (χ1v) is 8.36. The fourth-order valence-electron chi connectivity index (χ4n) is 2.16. The van der Waals surface area contributed by atoms with Crippen LogP contribution in [0.5, 0.6) is 0 Å². The predicted molar refractivity (Wildman–Crippen MR) is 78.9 cm³/mol. The molecule has 1 aromatic carbocycles. The van der Waals surface area contributed by atoms with Crippen LogP contribution >= 0.6 is 0 Å². The van der Waals surface area contributed by atoms with E-state index in [2.05, 4.69) is 0 Å². The molecule has 9 heteroatoms. The van der Waals surface area contributed by atoms with Crippen LogP contribution in [0.25, 0.3) is 0 Å². The molecule has 0 spiro atoms. The molecule has 0 saturated heterocycles. The lowest BCUT2D eigenvalue weighted by atomic mass is 9.98. The van der Waals surface area contributed by atoms with E-state index in [0.717, 1.165) is 0 Å². The van der Waals surface area contributed by atoms with Crippen molar-refractivity contribution in [2.24, 2.45) is 0 Å². The molecular weight excluding hydrogens is 355 g/mol. The Morgan fingerprint density at radius 3 is 2.12 bits per heavy atom. The quantitative estimate of drug-likeness (QED) is 0.748. The molecule has 0 radical (unpaired) electrons. The van der Waals surface area contributed by atoms with E-state index in [4.69, 9.17) is 5.11 Å². The third-order valence-electron chi connectivity index (χ3n) is 3.68. The SMILES string of the molecule is CCc1c(C(=O)O)ccc(C(F)(F)C(F)(F)F)c1[S@@](=O)[C@@H](C)CC. The summed E-state index contributed by atoms with van der Waals surface area (Å²) in [6.07, 6.45) is -5.75. The molecule has 0 saturated carbocycles. The van der Waals surface area contributed by atoms with Crippen LogP contribution in [-0.2, 0) is 23.1 Å². The highest BCUT2D eigenvalue weighted by atomic mass is 32.2. The summed E-state index contributed by atoms with van der Waals surface area (Å²) in [4.78, 5) is 10.5. The zero-order chi connectivity index (χ0) is 18.9. The first kappa shape index (κ1) is 20.5. The second-order valence-corrected chi connectivity index (χ2v) is 7.02. The van der Waals surface area contributed by atoms with Gasteiger partial charge in [-0.2, -0.15) is 22.0 Å². The summed E-state index contributed by atoms with van der Waals surface area (Å²) in [7, 11) is -2.20. The van der Waals surface area contributed by atoms with Gasteiger partial charge < -0.3 is 5.11 Å². The van der Waals surface area contributed by atoms with Crippen molar-refractivity contribution >= 4 is 16.8 Å². The van der Waals surface area contributed by atoms with Gasteiger partial charge in [0, 0.05) is 10.8 Å². The highest BCUT2D eigenvalue weighted by molar-refractivity contribution is 7.85. The lowest BCUT2D eigenvalue weighted by Crippen LogP contribution is -2.35. The second kappa shape index (κ2) is 7.16. The van der Waals surface area contributed by atoms with Gasteiger partial charge in [-0.25, -0.2) is 4.79 Å². The van der Waals surface area contributed by atoms with Gasteiger partial charge in [0.25, 0.3) is 0 Å². The van der Waals surface area contributed by atoms with Crippen LogP contribution in [0.4, 0.5) is 22.0 Å². The van der Waals surface area contributed by atoms with Crippen LogP contribution in [-0.4, -0.2) is 26.7 Å². The van der Waals surface area contributed by atoms with E-state index in [9.17, 15) is 31.0 Å². The zero-order valence-corrected chi connectivity index (χ0v) is 14.0.